The molecule has 0 spiro atoms. The van der Waals surface area contributed by atoms with Gasteiger partial charge in [0.05, 0.1) is 22.4 Å². The fraction of sp³-hybridized carbons (Fsp3) is 0.222. The molecule has 0 aliphatic heterocycles. The van der Waals surface area contributed by atoms with Gasteiger partial charge in [0.15, 0.2) is 0 Å². The molecule has 1 unspecified atom stereocenters. The zero-order chi connectivity index (χ0) is 11.0. The van der Waals surface area contributed by atoms with Crippen molar-refractivity contribution in [1.29, 1.82) is 0 Å². The molecule has 2 N–H and O–H groups in total. The lowest BCUT2D eigenvalue weighted by Gasteiger charge is -2.11. The zero-order valence-electron chi connectivity index (χ0n) is 7.95. The summed E-state index contributed by atoms with van der Waals surface area (Å²) in [7, 11) is 1.89. The largest absolute Gasteiger partial charge is 0.318 e. The van der Waals surface area contributed by atoms with E-state index in [1.54, 1.807) is 22.2 Å². The number of aromatic nitrogens is 2. The summed E-state index contributed by atoms with van der Waals surface area (Å²) in [5.74, 6) is 0. The predicted molar refractivity (Wildman–Crippen MR) is 69.0 cm³/mol. The van der Waals surface area contributed by atoms with E-state index in [-0.39, 0.29) is 6.04 Å². The molecule has 2 aromatic rings. The Morgan fingerprint density at radius 1 is 1.47 bits per heavy atom. The second-order valence-corrected chi connectivity index (χ2v) is 5.77. The highest BCUT2D eigenvalue weighted by Crippen LogP contribution is 2.33. The van der Waals surface area contributed by atoms with Crippen molar-refractivity contribution in [3.05, 3.63) is 37.2 Å². The summed E-state index contributed by atoms with van der Waals surface area (Å²) in [5.41, 5.74) is 7.18. The van der Waals surface area contributed by atoms with Crippen LogP contribution >= 0.6 is 43.2 Å². The van der Waals surface area contributed by atoms with Gasteiger partial charge in [-0.3, -0.25) is 4.68 Å². The molecule has 15 heavy (non-hydrogen) atoms. The van der Waals surface area contributed by atoms with E-state index in [9.17, 15) is 0 Å². The molecule has 0 saturated heterocycles. The molecule has 0 aliphatic carbocycles. The Morgan fingerprint density at radius 2 is 2.20 bits per heavy atom. The highest BCUT2D eigenvalue weighted by atomic mass is 79.9. The van der Waals surface area contributed by atoms with Crippen molar-refractivity contribution >= 4 is 43.2 Å². The molecular formula is C9H9Br2N3S. The monoisotopic (exact) mass is 349 g/mol. The molecule has 2 heterocycles. The van der Waals surface area contributed by atoms with Gasteiger partial charge >= 0.3 is 0 Å². The molecule has 0 fully saturated rings. The number of thiophene rings is 1. The molecule has 0 aliphatic rings. The third kappa shape index (κ3) is 2.04. The van der Waals surface area contributed by atoms with Gasteiger partial charge in [-0.15, -0.1) is 11.3 Å². The summed E-state index contributed by atoms with van der Waals surface area (Å²) in [6.45, 7) is 0. The van der Waals surface area contributed by atoms with Crippen molar-refractivity contribution in [3.8, 4) is 0 Å². The maximum Gasteiger partial charge on any atom is 0.0839 e. The first-order chi connectivity index (χ1) is 7.11. The van der Waals surface area contributed by atoms with Crippen LogP contribution in [-0.4, -0.2) is 9.78 Å². The number of rotatable bonds is 2. The van der Waals surface area contributed by atoms with Gasteiger partial charge in [-0.2, -0.15) is 5.10 Å². The first kappa shape index (κ1) is 11.3. The normalized spacial score (nSPS) is 13.1. The summed E-state index contributed by atoms with van der Waals surface area (Å²) < 4.78 is 3.78. The first-order valence-corrected chi connectivity index (χ1v) is 6.73. The number of halogens is 2. The number of nitrogens with two attached hydrogens (primary N) is 1. The summed E-state index contributed by atoms with van der Waals surface area (Å²) in [6, 6.07) is 1.85. The second-order valence-electron chi connectivity index (χ2n) is 3.11. The average Bonchev–Trinajstić information content (AvgIpc) is 2.73. The molecule has 6 heteroatoms. The summed E-state index contributed by atoms with van der Waals surface area (Å²) in [4.78, 5) is 1.11. The second kappa shape index (κ2) is 4.37. The number of aryl methyl sites for hydroxylation is 1. The van der Waals surface area contributed by atoms with Crippen LogP contribution in [-0.2, 0) is 7.05 Å². The lowest BCUT2D eigenvalue weighted by Crippen LogP contribution is -2.15. The number of hydrogen-bond donors (Lipinski definition) is 1. The highest BCUT2D eigenvalue weighted by molar-refractivity contribution is 9.10. The van der Waals surface area contributed by atoms with Gasteiger partial charge in [0.1, 0.15) is 0 Å². The maximum atomic E-state index is 6.20. The summed E-state index contributed by atoms with van der Waals surface area (Å²) in [5, 5.41) is 6.17. The van der Waals surface area contributed by atoms with Crippen molar-refractivity contribution < 1.29 is 0 Å². The van der Waals surface area contributed by atoms with Crippen LogP contribution < -0.4 is 5.73 Å². The van der Waals surface area contributed by atoms with Crippen LogP contribution in [0.3, 0.4) is 0 Å². The molecule has 0 radical (unpaired) electrons. The molecule has 0 saturated carbocycles. The lowest BCUT2D eigenvalue weighted by atomic mass is 10.2. The summed E-state index contributed by atoms with van der Waals surface area (Å²) >= 11 is 8.58. The van der Waals surface area contributed by atoms with E-state index in [1.807, 2.05) is 18.5 Å². The quantitative estimate of drug-likeness (QED) is 0.904. The highest BCUT2D eigenvalue weighted by Gasteiger charge is 2.19. The number of nitrogens with zero attached hydrogens (tertiary/aromatic N) is 2. The SMILES string of the molecule is Cn1ncc(Br)c1C(N)c1sccc1Br. The van der Waals surface area contributed by atoms with Gasteiger partial charge in [-0.05, 0) is 43.3 Å². The molecule has 0 aromatic carbocycles. The van der Waals surface area contributed by atoms with E-state index in [1.165, 1.54) is 0 Å². The Balaban J connectivity index is 2.45. The van der Waals surface area contributed by atoms with Crippen molar-refractivity contribution in [3.63, 3.8) is 0 Å². The van der Waals surface area contributed by atoms with Crippen LogP contribution in [0, 0.1) is 0 Å². The Morgan fingerprint density at radius 3 is 2.67 bits per heavy atom. The van der Waals surface area contributed by atoms with E-state index in [0.717, 1.165) is 19.5 Å². The van der Waals surface area contributed by atoms with Crippen LogP contribution in [0.4, 0.5) is 0 Å². The van der Waals surface area contributed by atoms with E-state index in [4.69, 9.17) is 5.73 Å². The fourth-order valence-corrected chi connectivity index (χ4v) is 3.64. The van der Waals surface area contributed by atoms with Crippen molar-refractivity contribution in [2.75, 3.05) is 0 Å². The van der Waals surface area contributed by atoms with Gasteiger partial charge < -0.3 is 5.73 Å². The van der Waals surface area contributed by atoms with Crippen LogP contribution in [0.1, 0.15) is 16.6 Å². The van der Waals surface area contributed by atoms with E-state index < -0.39 is 0 Å². The van der Waals surface area contributed by atoms with Crippen LogP contribution in [0.25, 0.3) is 0 Å². The van der Waals surface area contributed by atoms with Gasteiger partial charge in [0.2, 0.25) is 0 Å². The minimum absolute atomic E-state index is 0.152. The molecule has 1 atom stereocenters. The smallest absolute Gasteiger partial charge is 0.0839 e. The average molecular weight is 351 g/mol. The Hall–Kier alpha value is -0.170. The molecule has 2 rings (SSSR count). The number of hydrogen-bond acceptors (Lipinski definition) is 3. The fourth-order valence-electron chi connectivity index (χ4n) is 1.42. The van der Waals surface area contributed by atoms with Gasteiger partial charge in [-0.1, -0.05) is 0 Å². The zero-order valence-corrected chi connectivity index (χ0v) is 11.9. The Kier molecular flexibility index (Phi) is 3.30. The van der Waals surface area contributed by atoms with Crippen molar-refractivity contribution in [2.24, 2.45) is 12.8 Å². The van der Waals surface area contributed by atoms with Gasteiger partial charge in [0.25, 0.3) is 0 Å². The summed E-state index contributed by atoms with van der Waals surface area (Å²) in [6.07, 6.45) is 1.76. The molecule has 0 amide bonds. The molecule has 3 nitrogen and oxygen atoms in total. The first-order valence-electron chi connectivity index (χ1n) is 4.27. The van der Waals surface area contributed by atoms with E-state index in [2.05, 4.69) is 37.0 Å². The molecular weight excluding hydrogens is 342 g/mol. The Labute approximate surface area is 109 Å². The van der Waals surface area contributed by atoms with E-state index >= 15 is 0 Å². The van der Waals surface area contributed by atoms with Gasteiger partial charge in [0, 0.05) is 16.4 Å². The maximum absolute atomic E-state index is 6.20. The van der Waals surface area contributed by atoms with Crippen molar-refractivity contribution in [1.82, 2.24) is 9.78 Å². The minimum Gasteiger partial charge on any atom is -0.318 e. The topological polar surface area (TPSA) is 43.8 Å². The van der Waals surface area contributed by atoms with Crippen LogP contribution in [0.5, 0.6) is 0 Å². The molecule has 2 aromatic heterocycles. The standard InChI is InChI=1S/C9H9Br2N3S/c1-14-8(6(11)4-13-14)7(12)9-5(10)2-3-15-9/h2-4,7H,12H2,1H3. The van der Waals surface area contributed by atoms with Crippen LogP contribution in [0.15, 0.2) is 26.6 Å². The third-order valence-electron chi connectivity index (χ3n) is 2.16. The van der Waals surface area contributed by atoms with Gasteiger partial charge in [-0.25, -0.2) is 0 Å². The molecule has 80 valence electrons. The van der Waals surface area contributed by atoms with Crippen LogP contribution in [0.2, 0.25) is 0 Å². The third-order valence-corrected chi connectivity index (χ3v) is 4.72. The lowest BCUT2D eigenvalue weighted by molar-refractivity contribution is 0.675. The van der Waals surface area contributed by atoms with Crippen molar-refractivity contribution in [2.45, 2.75) is 6.04 Å². The minimum atomic E-state index is -0.152. The predicted octanol–water partition coefficient (Wildman–Crippen LogP) is 3.05. The molecule has 0 bridgehead atoms. The Bertz CT molecular complexity index is 458. The van der Waals surface area contributed by atoms with E-state index in [0.29, 0.717) is 0 Å².